The highest BCUT2D eigenvalue weighted by Gasteiger charge is 2.51. The molecule has 4 aliphatic heterocycles. The number of carbonyl (C=O) groups is 13. The lowest BCUT2D eigenvalue weighted by molar-refractivity contribution is -0.144. The van der Waals surface area contributed by atoms with E-state index < -0.39 is 170 Å². The highest BCUT2D eigenvalue weighted by molar-refractivity contribution is 7.89. The number of benzene rings is 6. The molecule has 0 spiro atoms. The Kier molecular flexibility index (Phi) is 36.5. The molecule has 8 bridgehead atoms. The van der Waals surface area contributed by atoms with E-state index in [0.29, 0.717) is 72.3 Å². The molecule has 2 saturated heterocycles. The fourth-order valence-corrected chi connectivity index (χ4v) is 21.4. The summed E-state index contributed by atoms with van der Waals surface area (Å²) in [5.74, 6) is -8.20. The van der Waals surface area contributed by atoms with Gasteiger partial charge >= 0.3 is 0 Å². The average Bonchev–Trinajstić information content (AvgIpc) is 1.63. The molecule has 2 aliphatic carbocycles. The predicted octanol–water partition coefficient (Wildman–Crippen LogP) is 5.10. The van der Waals surface area contributed by atoms with Gasteiger partial charge in [-0.1, -0.05) is 187 Å². The quantitative estimate of drug-likeness (QED) is 0.0288. The number of likely N-dealkylation sites (N-methyl/N-ethyl adjacent to an activating group) is 2. The first-order valence-corrected chi connectivity index (χ1v) is 48.5. The number of amides is 12. The fourth-order valence-electron chi connectivity index (χ4n) is 18.1. The van der Waals surface area contributed by atoms with Crippen LogP contribution in [-0.4, -0.2) is 262 Å². The zero-order valence-corrected chi connectivity index (χ0v) is 77.3. The smallest absolute Gasteiger partial charge is 0.290 e. The molecule has 6 aliphatic rings. The van der Waals surface area contributed by atoms with Crippen LogP contribution in [0.2, 0.25) is 0 Å². The highest BCUT2D eigenvalue weighted by atomic mass is 32.2. The van der Waals surface area contributed by atoms with Crippen molar-refractivity contribution in [3.05, 3.63) is 192 Å². The van der Waals surface area contributed by atoms with Crippen molar-refractivity contribution in [1.29, 1.82) is 0 Å². The van der Waals surface area contributed by atoms with E-state index >= 15 is 9.59 Å². The number of hydrogen-bond acceptors (Lipinski definition) is 20. The summed E-state index contributed by atoms with van der Waals surface area (Å²) >= 11 is 0. The van der Waals surface area contributed by atoms with Crippen LogP contribution in [0, 0.1) is 11.8 Å². The molecule has 9 N–H and O–H groups in total. The van der Waals surface area contributed by atoms with Crippen molar-refractivity contribution in [2.45, 2.75) is 219 Å². The van der Waals surface area contributed by atoms with E-state index in [2.05, 4.69) is 42.5 Å². The summed E-state index contributed by atoms with van der Waals surface area (Å²) in [5.41, 5.74) is 2.37. The Morgan fingerprint density at radius 2 is 0.871 bits per heavy atom. The lowest BCUT2D eigenvalue weighted by Crippen LogP contribution is -2.58. The molecule has 4 heterocycles. The van der Waals surface area contributed by atoms with Gasteiger partial charge in [0.1, 0.15) is 47.8 Å². The van der Waals surface area contributed by atoms with E-state index in [1.165, 1.54) is 52.5 Å². The molecule has 132 heavy (non-hydrogen) atoms. The first-order chi connectivity index (χ1) is 63.3. The number of ketones is 1. The van der Waals surface area contributed by atoms with Gasteiger partial charge in [0.2, 0.25) is 84.9 Å². The Morgan fingerprint density at radius 1 is 0.477 bits per heavy atom. The Bertz CT molecular complexity index is 5240. The molecular weight excluding hydrogens is 1730 g/mol. The Labute approximate surface area is 771 Å². The first-order valence-electron chi connectivity index (χ1n) is 45.6. The molecule has 36 heteroatoms. The van der Waals surface area contributed by atoms with Crippen LogP contribution >= 0.6 is 0 Å². The van der Waals surface area contributed by atoms with E-state index in [-0.39, 0.29) is 118 Å². The topological polar surface area (TPSA) is 445 Å². The standard InChI is InChI=1S/C48H63N7O10S.C48H61N7O10S/c2*1-4-16-38(44(58)46(60)49-30-41(57)52-42(47(61)53(2)3)33-18-8-5-9-19-33)50-45(59)39-29-35-31-54(39)48(62)43(34-20-10-6-11-21-34)51-40(56)28-32-17-14-22-36(27-32)65-26-15-25-55(35)66(63,64)37-23-12-7-13-24-37/h5,7-9,12-14,17-19,22-24,27,34-35,38-39,42-44,58H,4,6,10-11,15-16,20-21,25-26,28-31H2,1-3H3,(H,49,60)(H,50,59)(H,51,56)(H,52,57);5,7-9,12-14,17-19,22-24,27,34-35,38-39,42-43H,4,6,10-11,15-16,20-21,25-26,28-31H2,1-3H3,(H,49,60)(H,50,59)(H,51,56)(H,52,57)/t35-,38?,39+,42+,43+,44?;35-,38?,39+,42+,43+/m11/s1. The molecule has 0 radical (unpaired) electrons. The molecule has 6 aromatic carbocycles. The van der Waals surface area contributed by atoms with E-state index in [9.17, 15) is 74.7 Å². The molecule has 6 aromatic rings. The summed E-state index contributed by atoms with van der Waals surface area (Å²) in [6, 6.07) is 36.0. The van der Waals surface area contributed by atoms with Gasteiger partial charge in [-0.15, -0.1) is 0 Å². The second-order valence-electron chi connectivity index (χ2n) is 34.8. The zero-order valence-electron chi connectivity index (χ0n) is 75.7. The van der Waals surface area contributed by atoms with E-state index in [0.717, 1.165) is 38.5 Å². The van der Waals surface area contributed by atoms with Gasteiger partial charge in [0.15, 0.2) is 6.10 Å². The lowest BCUT2D eigenvalue weighted by atomic mass is 9.83. The number of rotatable bonds is 28. The summed E-state index contributed by atoms with van der Waals surface area (Å²) in [4.78, 5) is 185. The van der Waals surface area contributed by atoms with Crippen LogP contribution in [-0.2, 0) is 95.2 Å². The number of ether oxygens (including phenoxy) is 2. The molecular formula is C96H124N14O20S2. The van der Waals surface area contributed by atoms with Crippen LogP contribution in [0.4, 0.5) is 0 Å². The maximum Gasteiger partial charge on any atom is 0.290 e. The van der Waals surface area contributed by atoms with Crippen molar-refractivity contribution in [3.8, 4) is 11.5 Å². The molecule has 710 valence electrons. The van der Waals surface area contributed by atoms with Gasteiger partial charge in [0.05, 0.1) is 61.0 Å². The third-order valence-electron chi connectivity index (χ3n) is 24.9. The van der Waals surface area contributed by atoms with Gasteiger partial charge in [-0.25, -0.2) is 16.8 Å². The molecule has 2 saturated carbocycles. The Hall–Kier alpha value is -12.0. The molecule has 12 rings (SSSR count). The largest absolute Gasteiger partial charge is 0.494 e. The van der Waals surface area contributed by atoms with Crippen LogP contribution in [0.1, 0.15) is 164 Å². The maximum atomic E-state index is 15.1. The number of nitrogens with zero attached hydrogens (tertiary/aromatic N) is 6. The highest BCUT2D eigenvalue weighted by Crippen LogP contribution is 2.37. The minimum absolute atomic E-state index is 0.00106. The van der Waals surface area contributed by atoms with Gasteiger partial charge in [-0.05, 0) is 147 Å². The molecule has 0 aromatic heterocycles. The second kappa shape index (κ2) is 47.9. The van der Waals surface area contributed by atoms with Crippen LogP contribution in [0.15, 0.2) is 180 Å². The zero-order chi connectivity index (χ0) is 94.8. The number of nitrogens with one attached hydrogen (secondary N) is 8. The number of aliphatic hydroxyl groups excluding tert-OH is 1. The molecule has 4 fully saturated rings. The SMILES string of the molecule is CCCC(NC(=O)[C@@H]1C[C@@H]2CN1C(=O)[C@H](C1CCCCC1)NC(=O)Cc1cccc(c1)OCCCN2S(=O)(=O)c1ccccc1)C(=O)C(=O)NCC(=O)N[C@H](C(=O)N(C)C)c1ccccc1.CCCC(NC(=O)[C@@H]1C[C@@H]2CN1C(=O)[C@H](C1CCCCC1)NC(=O)Cc1cccc(c1)OCCCN2S(=O)(=O)c1ccccc1)C(O)C(=O)NCC(=O)N[C@H](C(=O)N(C)C)c1ccccc1. The maximum absolute atomic E-state index is 15.1. The predicted molar refractivity (Wildman–Crippen MR) is 489 cm³/mol. The third kappa shape index (κ3) is 26.7. The summed E-state index contributed by atoms with van der Waals surface area (Å²) in [5, 5.41) is 32.9. The van der Waals surface area contributed by atoms with E-state index in [1.807, 2.05) is 0 Å². The number of carbonyl (C=O) groups excluding carboxylic acids is 13. The van der Waals surface area contributed by atoms with Gasteiger partial charge < -0.3 is 76.7 Å². The van der Waals surface area contributed by atoms with Crippen molar-refractivity contribution >= 4 is 96.7 Å². The van der Waals surface area contributed by atoms with E-state index in [1.54, 1.807) is 188 Å². The second-order valence-corrected chi connectivity index (χ2v) is 38.6. The molecule has 11 atom stereocenters. The molecule has 12 amide bonds. The van der Waals surface area contributed by atoms with Crippen molar-refractivity contribution in [2.24, 2.45) is 11.8 Å². The normalized spacial score (nSPS) is 21.1. The fraction of sp³-hybridized carbons (Fsp3) is 0.490. The number of hydrogen-bond donors (Lipinski definition) is 9. The Morgan fingerprint density at radius 3 is 1.27 bits per heavy atom. The van der Waals surface area contributed by atoms with E-state index in [4.69, 9.17) is 9.47 Å². The monoisotopic (exact) mass is 1860 g/mol. The van der Waals surface area contributed by atoms with Crippen LogP contribution < -0.4 is 52.0 Å². The molecule has 3 unspecified atom stereocenters. The van der Waals surface area contributed by atoms with Gasteiger partial charge in [0.25, 0.3) is 11.8 Å². The van der Waals surface area contributed by atoms with Crippen LogP contribution in [0.3, 0.4) is 0 Å². The number of aliphatic hydroxyl groups is 1. The summed E-state index contributed by atoms with van der Waals surface area (Å²) < 4.78 is 72.7. The first kappa shape index (κ1) is 101. The van der Waals surface area contributed by atoms with Gasteiger partial charge in [-0.2, -0.15) is 8.61 Å². The van der Waals surface area contributed by atoms with Crippen molar-refractivity contribution in [3.63, 3.8) is 0 Å². The Balaban J connectivity index is 0.000000255. The molecule has 34 nitrogen and oxygen atoms in total. The summed E-state index contributed by atoms with van der Waals surface area (Å²) in [7, 11) is -2.20. The average molecular weight is 1860 g/mol. The van der Waals surface area contributed by atoms with Crippen molar-refractivity contribution < 1.29 is 93.7 Å². The summed E-state index contributed by atoms with van der Waals surface area (Å²) in [6.45, 7) is 2.22. The van der Waals surface area contributed by atoms with Crippen LogP contribution in [0.5, 0.6) is 11.5 Å². The summed E-state index contributed by atoms with van der Waals surface area (Å²) in [6.07, 6.45) is 7.24. The van der Waals surface area contributed by atoms with Crippen LogP contribution in [0.25, 0.3) is 0 Å². The van der Waals surface area contributed by atoms with Gasteiger partial charge in [-0.3, -0.25) is 62.3 Å². The number of Topliss-reactive ketones (excluding diaryl/α,β-unsaturated/α-hetero) is 1. The van der Waals surface area contributed by atoms with Gasteiger partial charge in [0, 0.05) is 66.5 Å². The minimum Gasteiger partial charge on any atom is -0.494 e. The van der Waals surface area contributed by atoms with Crippen molar-refractivity contribution in [1.82, 2.24) is 70.7 Å². The number of fused-ring (bicyclic) bond motifs is 8. The van der Waals surface area contributed by atoms with Crippen molar-refractivity contribution in [2.75, 3.05) is 80.7 Å². The third-order valence-corrected chi connectivity index (χ3v) is 28.8. The lowest BCUT2D eigenvalue weighted by Gasteiger charge is -2.35. The minimum atomic E-state index is -4.20. The number of sulfonamides is 2.